The number of amides is 1. The highest BCUT2D eigenvalue weighted by molar-refractivity contribution is 5.81. The van der Waals surface area contributed by atoms with Crippen LogP contribution < -0.4 is 5.32 Å². The van der Waals surface area contributed by atoms with E-state index in [0.29, 0.717) is 12.0 Å². The molecule has 2 heterocycles. The number of aromatic nitrogens is 3. The number of carbonyl (C=O) groups is 1. The Morgan fingerprint density at radius 2 is 2.21 bits per heavy atom. The predicted octanol–water partition coefficient (Wildman–Crippen LogP) is 0.269. The van der Waals surface area contributed by atoms with Crippen LogP contribution in [0.2, 0.25) is 0 Å². The van der Waals surface area contributed by atoms with Crippen molar-refractivity contribution in [1.82, 2.24) is 25.2 Å². The fourth-order valence-corrected chi connectivity index (χ4v) is 2.64. The molecule has 1 atom stereocenters. The zero-order valence-corrected chi connectivity index (χ0v) is 11.2. The molecule has 1 amide bonds. The van der Waals surface area contributed by atoms with Crippen molar-refractivity contribution in [2.75, 3.05) is 19.6 Å². The molecule has 2 aliphatic rings. The summed E-state index contributed by atoms with van der Waals surface area (Å²) < 4.78 is 1.85. The molecule has 1 aliphatic heterocycles. The number of hydrogen-bond donors (Lipinski definition) is 1. The third-order valence-corrected chi connectivity index (χ3v) is 3.92. The number of piperidine rings is 1. The molecule has 1 N–H and O–H groups in total. The molecular formula is C13H21N5O. The van der Waals surface area contributed by atoms with Crippen molar-refractivity contribution in [3.05, 3.63) is 12.4 Å². The minimum Gasteiger partial charge on any atom is -0.352 e. The Labute approximate surface area is 113 Å². The fraction of sp³-hybridized carbons (Fsp3) is 0.769. The van der Waals surface area contributed by atoms with Gasteiger partial charge in [-0.25, -0.2) is 0 Å². The first-order valence-corrected chi connectivity index (χ1v) is 7.18. The van der Waals surface area contributed by atoms with Gasteiger partial charge in [-0.3, -0.25) is 14.4 Å². The fourth-order valence-electron chi connectivity index (χ4n) is 2.64. The van der Waals surface area contributed by atoms with Crippen molar-refractivity contribution < 1.29 is 4.79 Å². The van der Waals surface area contributed by atoms with E-state index in [0.717, 1.165) is 51.9 Å². The molecular weight excluding hydrogens is 242 g/mol. The SMILES string of the molecule is O=C(NC1CCCN(CCn2ccnn2)C1)C1CC1. The van der Waals surface area contributed by atoms with Crippen LogP contribution in [0.1, 0.15) is 25.7 Å². The zero-order valence-electron chi connectivity index (χ0n) is 11.2. The Bertz CT molecular complexity index is 415. The number of rotatable bonds is 5. The lowest BCUT2D eigenvalue weighted by atomic mass is 10.1. The first kappa shape index (κ1) is 12.6. The molecule has 104 valence electrons. The van der Waals surface area contributed by atoms with Crippen LogP contribution >= 0.6 is 0 Å². The topological polar surface area (TPSA) is 63.1 Å². The minimum atomic E-state index is 0.267. The summed E-state index contributed by atoms with van der Waals surface area (Å²) in [5, 5.41) is 11.0. The summed E-state index contributed by atoms with van der Waals surface area (Å²) in [6.45, 7) is 3.92. The van der Waals surface area contributed by atoms with E-state index in [1.54, 1.807) is 6.20 Å². The van der Waals surface area contributed by atoms with Crippen molar-refractivity contribution in [2.24, 2.45) is 5.92 Å². The molecule has 0 bridgehead atoms. The maximum Gasteiger partial charge on any atom is 0.223 e. The molecule has 1 unspecified atom stereocenters. The summed E-state index contributed by atoms with van der Waals surface area (Å²) in [5.41, 5.74) is 0. The van der Waals surface area contributed by atoms with E-state index in [2.05, 4.69) is 20.5 Å². The zero-order chi connectivity index (χ0) is 13.1. The highest BCUT2D eigenvalue weighted by Crippen LogP contribution is 2.29. The van der Waals surface area contributed by atoms with E-state index in [1.807, 2.05) is 10.9 Å². The molecule has 1 aromatic rings. The van der Waals surface area contributed by atoms with E-state index in [4.69, 9.17) is 0 Å². The van der Waals surface area contributed by atoms with E-state index in [-0.39, 0.29) is 5.91 Å². The van der Waals surface area contributed by atoms with Crippen molar-refractivity contribution >= 4 is 5.91 Å². The van der Waals surface area contributed by atoms with Gasteiger partial charge in [0, 0.05) is 31.2 Å². The number of nitrogens with one attached hydrogen (secondary N) is 1. The first-order chi connectivity index (χ1) is 9.31. The maximum atomic E-state index is 11.8. The number of carbonyl (C=O) groups excluding carboxylic acids is 1. The molecule has 3 rings (SSSR count). The van der Waals surface area contributed by atoms with Crippen LogP contribution in [0.4, 0.5) is 0 Å². The van der Waals surface area contributed by atoms with Crippen LogP contribution in [0.5, 0.6) is 0 Å². The summed E-state index contributed by atoms with van der Waals surface area (Å²) >= 11 is 0. The van der Waals surface area contributed by atoms with Crippen LogP contribution in [0.3, 0.4) is 0 Å². The van der Waals surface area contributed by atoms with Gasteiger partial charge in [0.1, 0.15) is 0 Å². The Hall–Kier alpha value is -1.43. The van der Waals surface area contributed by atoms with Gasteiger partial charge in [0.25, 0.3) is 0 Å². The lowest BCUT2D eigenvalue weighted by molar-refractivity contribution is -0.123. The van der Waals surface area contributed by atoms with Crippen LogP contribution in [-0.2, 0) is 11.3 Å². The lowest BCUT2D eigenvalue weighted by Gasteiger charge is -2.33. The number of nitrogens with zero attached hydrogens (tertiary/aromatic N) is 4. The first-order valence-electron chi connectivity index (χ1n) is 7.18. The summed E-state index contributed by atoms with van der Waals surface area (Å²) in [4.78, 5) is 14.2. The van der Waals surface area contributed by atoms with E-state index < -0.39 is 0 Å². The van der Waals surface area contributed by atoms with Crippen LogP contribution in [0, 0.1) is 5.92 Å². The number of likely N-dealkylation sites (tertiary alicyclic amines) is 1. The molecule has 1 saturated heterocycles. The number of hydrogen-bond acceptors (Lipinski definition) is 4. The van der Waals surface area contributed by atoms with Crippen molar-refractivity contribution in [3.63, 3.8) is 0 Å². The van der Waals surface area contributed by atoms with Gasteiger partial charge >= 0.3 is 0 Å². The molecule has 0 spiro atoms. The smallest absolute Gasteiger partial charge is 0.223 e. The van der Waals surface area contributed by atoms with Gasteiger partial charge in [-0.1, -0.05) is 5.21 Å². The standard InChI is InChI=1S/C13H21N5O/c19-13(11-3-4-11)15-12-2-1-6-17(10-12)8-9-18-7-5-14-16-18/h5,7,11-12H,1-4,6,8-10H2,(H,15,19). The molecule has 6 nitrogen and oxygen atoms in total. The van der Waals surface area contributed by atoms with Gasteiger partial charge in [-0.15, -0.1) is 5.10 Å². The normalized spacial score (nSPS) is 24.3. The molecule has 0 aromatic carbocycles. The molecule has 1 saturated carbocycles. The molecule has 0 radical (unpaired) electrons. The summed E-state index contributed by atoms with van der Waals surface area (Å²) in [5.74, 6) is 0.577. The van der Waals surface area contributed by atoms with Crippen LogP contribution in [-0.4, -0.2) is 51.5 Å². The second-order valence-corrected chi connectivity index (χ2v) is 5.59. The Kier molecular flexibility index (Phi) is 3.77. The lowest BCUT2D eigenvalue weighted by Crippen LogP contribution is -2.48. The summed E-state index contributed by atoms with van der Waals surface area (Å²) in [6.07, 6.45) is 8.01. The largest absolute Gasteiger partial charge is 0.352 e. The van der Waals surface area contributed by atoms with E-state index in [9.17, 15) is 4.79 Å². The van der Waals surface area contributed by atoms with Gasteiger partial charge in [-0.2, -0.15) is 0 Å². The second kappa shape index (κ2) is 5.69. The van der Waals surface area contributed by atoms with Gasteiger partial charge in [0.15, 0.2) is 0 Å². The third-order valence-electron chi connectivity index (χ3n) is 3.92. The molecule has 19 heavy (non-hydrogen) atoms. The van der Waals surface area contributed by atoms with Gasteiger partial charge < -0.3 is 5.32 Å². The Balaban J connectivity index is 1.43. The summed E-state index contributed by atoms with van der Waals surface area (Å²) in [7, 11) is 0. The Morgan fingerprint density at radius 1 is 1.32 bits per heavy atom. The molecule has 1 aliphatic carbocycles. The molecule has 1 aromatic heterocycles. The van der Waals surface area contributed by atoms with Crippen molar-refractivity contribution in [1.29, 1.82) is 0 Å². The second-order valence-electron chi connectivity index (χ2n) is 5.59. The summed E-state index contributed by atoms with van der Waals surface area (Å²) in [6, 6.07) is 0.331. The third kappa shape index (κ3) is 3.53. The quantitative estimate of drug-likeness (QED) is 0.828. The van der Waals surface area contributed by atoms with Crippen LogP contribution in [0.25, 0.3) is 0 Å². The van der Waals surface area contributed by atoms with Crippen LogP contribution in [0.15, 0.2) is 12.4 Å². The van der Waals surface area contributed by atoms with Crippen molar-refractivity contribution in [2.45, 2.75) is 38.3 Å². The monoisotopic (exact) mass is 263 g/mol. The molecule has 2 fully saturated rings. The predicted molar refractivity (Wildman–Crippen MR) is 70.4 cm³/mol. The van der Waals surface area contributed by atoms with Gasteiger partial charge in [0.05, 0.1) is 12.7 Å². The minimum absolute atomic E-state index is 0.267. The van der Waals surface area contributed by atoms with Crippen molar-refractivity contribution in [3.8, 4) is 0 Å². The average molecular weight is 263 g/mol. The van der Waals surface area contributed by atoms with Gasteiger partial charge in [0.2, 0.25) is 5.91 Å². The van der Waals surface area contributed by atoms with E-state index in [1.165, 1.54) is 0 Å². The van der Waals surface area contributed by atoms with E-state index >= 15 is 0 Å². The average Bonchev–Trinajstić information content (AvgIpc) is 3.14. The molecule has 6 heteroatoms. The highest BCUT2D eigenvalue weighted by atomic mass is 16.2. The van der Waals surface area contributed by atoms with Gasteiger partial charge in [-0.05, 0) is 32.2 Å². The maximum absolute atomic E-state index is 11.8. The highest BCUT2D eigenvalue weighted by Gasteiger charge is 2.31. The Morgan fingerprint density at radius 3 is 2.95 bits per heavy atom.